The maximum atomic E-state index is 12.6. The van der Waals surface area contributed by atoms with Crippen molar-refractivity contribution in [2.75, 3.05) is 44.2 Å². The number of aromatic nitrogens is 1. The highest BCUT2D eigenvalue weighted by molar-refractivity contribution is 5.83. The highest BCUT2D eigenvalue weighted by Crippen LogP contribution is 2.29. The van der Waals surface area contributed by atoms with Crippen molar-refractivity contribution in [1.82, 2.24) is 14.8 Å². The fourth-order valence-electron chi connectivity index (χ4n) is 3.27. The number of ether oxygens (including phenoxy) is 1. The lowest BCUT2D eigenvalue weighted by Gasteiger charge is -2.43. The summed E-state index contributed by atoms with van der Waals surface area (Å²) >= 11 is 0. The van der Waals surface area contributed by atoms with Crippen molar-refractivity contribution in [2.45, 2.75) is 32.5 Å². The van der Waals surface area contributed by atoms with Gasteiger partial charge in [0.05, 0.1) is 11.5 Å². The quantitative estimate of drug-likeness (QED) is 0.744. The number of hydrogen-bond acceptors (Lipinski definition) is 5. The molecule has 0 aromatic carbocycles. The molecule has 3 heterocycles. The first-order valence-electron chi connectivity index (χ1n) is 9.49. The number of hydrogen-bond donors (Lipinski definition) is 0. The summed E-state index contributed by atoms with van der Waals surface area (Å²) in [6.07, 6.45) is -4.00. The molecule has 2 aliphatic rings. The summed E-state index contributed by atoms with van der Waals surface area (Å²) in [5.74, 6) is 0.216. The molecule has 0 bridgehead atoms. The highest BCUT2D eigenvalue weighted by atomic mass is 19.4. The number of piperazine rings is 1. The van der Waals surface area contributed by atoms with Crippen LogP contribution >= 0.6 is 0 Å². The summed E-state index contributed by atoms with van der Waals surface area (Å²) in [7, 11) is 0. The van der Waals surface area contributed by atoms with E-state index in [2.05, 4.69) is 4.98 Å². The molecule has 3 rings (SSSR count). The molecule has 0 saturated carbocycles. The number of likely N-dealkylation sites (tertiary alicyclic amines) is 1. The smallest absolute Gasteiger partial charge is 0.417 e. The van der Waals surface area contributed by atoms with Crippen LogP contribution in [-0.2, 0) is 15.7 Å². The molecule has 0 radical (unpaired) electrons. The number of pyridine rings is 1. The summed E-state index contributed by atoms with van der Waals surface area (Å²) in [4.78, 5) is 33.6. The highest BCUT2D eigenvalue weighted by Gasteiger charge is 2.40. The van der Waals surface area contributed by atoms with Crippen molar-refractivity contribution in [1.29, 1.82) is 0 Å². The molecule has 1 aromatic heterocycles. The lowest BCUT2D eigenvalue weighted by atomic mass is 9.98. The zero-order valence-electron chi connectivity index (χ0n) is 16.7. The standard InChI is InChI=1S/C19H25F3N4O3/c1-18(2,3)29-17(28)26-11-13(12-26)16(27)25-8-6-24(7-9-25)15-5-4-14(10-23-15)19(20,21)22/h4-5,10,13H,6-9,11-12H2,1-3H3. The Hall–Kier alpha value is -2.52. The predicted octanol–water partition coefficient (Wildman–Crippen LogP) is 2.62. The number of halogens is 3. The Morgan fingerprint density at radius 3 is 2.14 bits per heavy atom. The second-order valence-electron chi connectivity index (χ2n) is 8.30. The molecular formula is C19H25F3N4O3. The number of rotatable bonds is 2. The van der Waals surface area contributed by atoms with Gasteiger partial charge in [-0.05, 0) is 32.9 Å². The zero-order chi connectivity index (χ0) is 21.4. The van der Waals surface area contributed by atoms with Gasteiger partial charge in [-0.1, -0.05) is 0 Å². The molecule has 10 heteroatoms. The third-order valence-corrected chi connectivity index (χ3v) is 4.87. The maximum Gasteiger partial charge on any atom is 0.417 e. The van der Waals surface area contributed by atoms with Gasteiger partial charge in [0.1, 0.15) is 11.4 Å². The van der Waals surface area contributed by atoms with Crippen molar-refractivity contribution in [3.8, 4) is 0 Å². The van der Waals surface area contributed by atoms with E-state index in [1.54, 1.807) is 25.7 Å². The van der Waals surface area contributed by atoms with Gasteiger partial charge in [-0.15, -0.1) is 0 Å². The van der Waals surface area contributed by atoms with Gasteiger partial charge in [0.15, 0.2) is 0 Å². The van der Waals surface area contributed by atoms with Gasteiger partial charge < -0.3 is 19.4 Å². The average Bonchev–Trinajstić information content (AvgIpc) is 2.58. The van der Waals surface area contributed by atoms with Crippen LogP contribution in [-0.4, -0.2) is 71.7 Å². The second kappa shape index (κ2) is 7.72. The normalized spacial score (nSPS) is 18.5. The number of amides is 2. The van der Waals surface area contributed by atoms with Crippen molar-refractivity contribution < 1.29 is 27.5 Å². The number of anilines is 1. The third kappa shape index (κ3) is 5.10. The van der Waals surface area contributed by atoms with Crippen molar-refractivity contribution >= 4 is 17.8 Å². The van der Waals surface area contributed by atoms with Crippen LogP contribution < -0.4 is 4.90 Å². The monoisotopic (exact) mass is 414 g/mol. The molecule has 2 amide bonds. The van der Waals surface area contributed by atoms with E-state index in [1.165, 1.54) is 11.0 Å². The summed E-state index contributed by atoms with van der Waals surface area (Å²) < 4.78 is 43.2. The summed E-state index contributed by atoms with van der Waals surface area (Å²) in [6, 6.07) is 2.37. The van der Waals surface area contributed by atoms with E-state index >= 15 is 0 Å². The molecule has 0 aliphatic carbocycles. The van der Waals surface area contributed by atoms with Gasteiger partial charge >= 0.3 is 12.3 Å². The predicted molar refractivity (Wildman–Crippen MR) is 99.3 cm³/mol. The molecular weight excluding hydrogens is 389 g/mol. The minimum absolute atomic E-state index is 0.00941. The Morgan fingerprint density at radius 1 is 1.03 bits per heavy atom. The SMILES string of the molecule is CC(C)(C)OC(=O)N1CC(C(=O)N2CCN(c3ccc(C(F)(F)F)cn3)CC2)C1. The summed E-state index contributed by atoms with van der Waals surface area (Å²) in [5.41, 5.74) is -1.36. The second-order valence-corrected chi connectivity index (χ2v) is 8.30. The molecule has 2 saturated heterocycles. The van der Waals surface area contributed by atoms with Crippen LogP contribution in [0.3, 0.4) is 0 Å². The number of alkyl halides is 3. The molecule has 0 N–H and O–H groups in total. The molecule has 0 unspecified atom stereocenters. The van der Waals surface area contributed by atoms with Gasteiger partial charge in [0, 0.05) is 45.5 Å². The Balaban J connectivity index is 1.46. The molecule has 1 aromatic rings. The lowest BCUT2D eigenvalue weighted by Crippen LogP contribution is -2.59. The van der Waals surface area contributed by atoms with E-state index in [9.17, 15) is 22.8 Å². The Bertz CT molecular complexity index is 747. The Kier molecular flexibility index (Phi) is 5.64. The van der Waals surface area contributed by atoms with Gasteiger partial charge in [0.25, 0.3) is 0 Å². The first-order chi connectivity index (χ1) is 13.4. The number of carbonyl (C=O) groups is 2. The van der Waals surface area contributed by atoms with Crippen LogP contribution in [0, 0.1) is 5.92 Å². The summed E-state index contributed by atoms with van der Waals surface area (Å²) in [5, 5.41) is 0. The van der Waals surface area contributed by atoms with Crippen LogP contribution in [0.25, 0.3) is 0 Å². The fourth-order valence-corrected chi connectivity index (χ4v) is 3.27. The Morgan fingerprint density at radius 2 is 1.66 bits per heavy atom. The zero-order valence-corrected chi connectivity index (χ0v) is 16.7. The molecule has 2 fully saturated rings. The van der Waals surface area contributed by atoms with Crippen molar-refractivity contribution in [2.24, 2.45) is 5.92 Å². The van der Waals surface area contributed by atoms with Gasteiger partial charge in [0.2, 0.25) is 5.91 Å². The van der Waals surface area contributed by atoms with E-state index < -0.39 is 23.4 Å². The number of carbonyl (C=O) groups excluding carboxylic acids is 2. The van der Waals surface area contributed by atoms with Gasteiger partial charge in [-0.25, -0.2) is 9.78 Å². The first kappa shape index (κ1) is 21.2. The average molecular weight is 414 g/mol. The van der Waals surface area contributed by atoms with Gasteiger partial charge in [-0.3, -0.25) is 4.79 Å². The largest absolute Gasteiger partial charge is 0.444 e. The molecule has 2 aliphatic heterocycles. The van der Waals surface area contributed by atoms with E-state index in [0.717, 1.165) is 12.3 Å². The molecule has 29 heavy (non-hydrogen) atoms. The van der Waals surface area contributed by atoms with Crippen LogP contribution in [0.1, 0.15) is 26.3 Å². The molecule has 7 nitrogen and oxygen atoms in total. The van der Waals surface area contributed by atoms with E-state index in [0.29, 0.717) is 45.1 Å². The minimum atomic E-state index is -4.41. The van der Waals surface area contributed by atoms with E-state index in [-0.39, 0.29) is 11.8 Å². The van der Waals surface area contributed by atoms with Crippen LogP contribution in [0.5, 0.6) is 0 Å². The van der Waals surface area contributed by atoms with Gasteiger partial charge in [-0.2, -0.15) is 13.2 Å². The first-order valence-corrected chi connectivity index (χ1v) is 9.49. The maximum absolute atomic E-state index is 12.6. The molecule has 0 spiro atoms. The fraction of sp³-hybridized carbons (Fsp3) is 0.632. The summed E-state index contributed by atoms with van der Waals surface area (Å²) in [6.45, 7) is 7.96. The topological polar surface area (TPSA) is 66.0 Å². The lowest BCUT2D eigenvalue weighted by molar-refractivity contribution is -0.141. The Labute approximate surface area is 167 Å². The van der Waals surface area contributed by atoms with Crippen LogP contribution in [0.2, 0.25) is 0 Å². The molecule has 160 valence electrons. The van der Waals surface area contributed by atoms with Crippen LogP contribution in [0.15, 0.2) is 18.3 Å². The third-order valence-electron chi connectivity index (χ3n) is 4.87. The molecule has 0 atom stereocenters. The van der Waals surface area contributed by atoms with E-state index in [4.69, 9.17) is 4.74 Å². The van der Waals surface area contributed by atoms with E-state index in [1.807, 2.05) is 4.90 Å². The van der Waals surface area contributed by atoms with Crippen molar-refractivity contribution in [3.63, 3.8) is 0 Å². The van der Waals surface area contributed by atoms with Crippen LogP contribution in [0.4, 0.5) is 23.8 Å². The minimum Gasteiger partial charge on any atom is -0.444 e. The van der Waals surface area contributed by atoms with Crippen molar-refractivity contribution in [3.05, 3.63) is 23.9 Å². The number of nitrogens with zero attached hydrogens (tertiary/aromatic N) is 4.